The zero-order chi connectivity index (χ0) is 38.2. The summed E-state index contributed by atoms with van der Waals surface area (Å²) in [6.07, 6.45) is 3.09. The Morgan fingerprint density at radius 2 is 0.907 bits per heavy atom. The average molecular weight is 747 g/mol. The van der Waals surface area contributed by atoms with Crippen LogP contribution in [0, 0.1) is 47.1 Å². The number of nitrogens with one attached hydrogen (secondary N) is 3. The zero-order valence-electron chi connectivity index (χ0n) is 30.6. The van der Waals surface area contributed by atoms with Gasteiger partial charge in [0.1, 0.15) is 11.6 Å². The van der Waals surface area contributed by atoms with Crippen LogP contribution in [0.3, 0.4) is 0 Å². The summed E-state index contributed by atoms with van der Waals surface area (Å²) in [6, 6.07) is 17.2. The molecule has 6 N–H and O–H groups in total. The molecule has 6 rings (SSSR count). The molecule has 3 saturated heterocycles. The molecule has 6 atom stereocenters. The highest BCUT2D eigenvalue weighted by atomic mass is 19.1. The van der Waals surface area contributed by atoms with Crippen LogP contribution in [0.15, 0.2) is 60.7 Å². The first-order chi connectivity index (χ1) is 26.0. The smallest absolute Gasteiger partial charge is 0.307 e. The minimum Gasteiger partial charge on any atom is -0.481 e. The van der Waals surface area contributed by atoms with Gasteiger partial charge < -0.3 is 31.3 Å². The molecule has 0 bridgehead atoms. The van der Waals surface area contributed by atoms with Crippen molar-refractivity contribution in [1.29, 1.82) is 0 Å². The monoisotopic (exact) mass is 746 g/mol. The molecule has 3 fully saturated rings. The van der Waals surface area contributed by atoms with Crippen LogP contribution in [0.1, 0.15) is 52.6 Å². The lowest BCUT2D eigenvalue weighted by Gasteiger charge is -2.25. The van der Waals surface area contributed by atoms with E-state index in [1.807, 2.05) is 36.4 Å². The lowest BCUT2D eigenvalue weighted by Crippen LogP contribution is -2.28. The summed E-state index contributed by atoms with van der Waals surface area (Å²) in [5, 5.41) is 39.8. The van der Waals surface area contributed by atoms with E-state index in [-0.39, 0.29) is 43.7 Å². The number of hydrogen-bond acceptors (Lipinski definition) is 7. The number of aliphatic carboxylic acids is 3. The van der Waals surface area contributed by atoms with Gasteiger partial charge >= 0.3 is 17.9 Å². The Bertz CT molecular complexity index is 1690. The van der Waals surface area contributed by atoms with E-state index in [4.69, 9.17) is 0 Å². The third-order valence-corrected chi connectivity index (χ3v) is 11.6. The summed E-state index contributed by atoms with van der Waals surface area (Å²) in [7, 11) is 0. The van der Waals surface area contributed by atoms with Crippen molar-refractivity contribution in [2.45, 2.75) is 58.2 Å². The zero-order valence-corrected chi connectivity index (χ0v) is 30.6. The molecule has 0 amide bonds. The van der Waals surface area contributed by atoms with Crippen LogP contribution in [0.2, 0.25) is 0 Å². The Morgan fingerprint density at radius 3 is 1.30 bits per heavy atom. The Kier molecular flexibility index (Phi) is 13.4. The Morgan fingerprint density at radius 1 is 0.556 bits per heavy atom. The summed E-state index contributed by atoms with van der Waals surface area (Å²) in [4.78, 5) is 38.8. The van der Waals surface area contributed by atoms with Crippen molar-refractivity contribution in [2.24, 2.45) is 35.5 Å². The van der Waals surface area contributed by atoms with Crippen LogP contribution < -0.4 is 16.0 Å². The van der Waals surface area contributed by atoms with Crippen LogP contribution >= 0.6 is 0 Å². The highest BCUT2D eigenvalue weighted by molar-refractivity contribution is 5.72. The van der Waals surface area contributed by atoms with E-state index in [2.05, 4.69) is 20.9 Å². The highest BCUT2D eigenvalue weighted by Gasteiger charge is 2.33. The molecule has 3 aromatic rings. The number of hydrogen-bond donors (Lipinski definition) is 6. The molecule has 54 heavy (non-hydrogen) atoms. The van der Waals surface area contributed by atoms with Gasteiger partial charge in [-0.3, -0.25) is 19.3 Å². The number of carboxylic acid groups (broad SMARTS) is 3. The summed E-state index contributed by atoms with van der Waals surface area (Å²) >= 11 is 0. The second-order valence-corrected chi connectivity index (χ2v) is 15.6. The van der Waals surface area contributed by atoms with E-state index in [1.165, 1.54) is 24.3 Å². The second-order valence-electron chi connectivity index (χ2n) is 15.6. The molecule has 0 aromatic heterocycles. The van der Waals surface area contributed by atoms with Gasteiger partial charge in [0.25, 0.3) is 0 Å². The first kappa shape index (κ1) is 39.5. The molecular formula is C42H52F2N4O6. The van der Waals surface area contributed by atoms with Gasteiger partial charge in [0.15, 0.2) is 0 Å². The van der Waals surface area contributed by atoms with Gasteiger partial charge in [-0.1, -0.05) is 36.4 Å². The van der Waals surface area contributed by atoms with E-state index in [0.717, 1.165) is 50.0 Å². The minimum absolute atomic E-state index is 0.0447. The van der Waals surface area contributed by atoms with Crippen LogP contribution in [-0.4, -0.2) is 77.4 Å². The lowest BCUT2D eigenvalue weighted by atomic mass is 9.85. The molecule has 3 aliphatic heterocycles. The molecule has 0 spiro atoms. The molecule has 0 aliphatic carbocycles. The van der Waals surface area contributed by atoms with Gasteiger partial charge in [0.2, 0.25) is 0 Å². The van der Waals surface area contributed by atoms with Crippen molar-refractivity contribution in [3.63, 3.8) is 0 Å². The molecule has 3 aliphatic rings. The quantitative estimate of drug-likeness (QED) is 0.108. The van der Waals surface area contributed by atoms with Crippen molar-refractivity contribution in [1.82, 2.24) is 20.9 Å². The third kappa shape index (κ3) is 10.7. The summed E-state index contributed by atoms with van der Waals surface area (Å²) in [5.74, 6) is -5.41. The van der Waals surface area contributed by atoms with Crippen LogP contribution in [0.5, 0.6) is 0 Å². The number of nitrogens with zero attached hydrogens (tertiary/aromatic N) is 1. The fraction of sp³-hybridized carbons (Fsp3) is 0.500. The Labute approximate surface area is 315 Å². The lowest BCUT2D eigenvalue weighted by molar-refractivity contribution is -0.144. The van der Waals surface area contributed by atoms with Gasteiger partial charge in [0, 0.05) is 19.6 Å². The van der Waals surface area contributed by atoms with Crippen LogP contribution in [0.25, 0.3) is 0 Å². The maximum atomic E-state index is 15.2. The first-order valence-electron chi connectivity index (χ1n) is 19.2. The predicted molar refractivity (Wildman–Crippen MR) is 200 cm³/mol. The van der Waals surface area contributed by atoms with Crippen molar-refractivity contribution in [3.8, 4) is 0 Å². The van der Waals surface area contributed by atoms with Gasteiger partial charge in [-0.25, -0.2) is 8.78 Å². The normalized spacial score (nSPS) is 21.6. The fourth-order valence-electron chi connectivity index (χ4n) is 8.84. The van der Waals surface area contributed by atoms with Crippen molar-refractivity contribution in [3.05, 3.63) is 106 Å². The topological polar surface area (TPSA) is 151 Å². The Balaban J connectivity index is 1.26. The first-order valence-corrected chi connectivity index (χ1v) is 19.2. The van der Waals surface area contributed by atoms with E-state index < -0.39 is 47.3 Å². The largest absolute Gasteiger partial charge is 0.481 e. The number of halogens is 2. The van der Waals surface area contributed by atoms with E-state index in [0.29, 0.717) is 54.9 Å². The number of carbonyl (C=O) groups is 3. The second kappa shape index (κ2) is 18.4. The molecule has 0 saturated carbocycles. The van der Waals surface area contributed by atoms with Crippen molar-refractivity contribution >= 4 is 17.9 Å². The summed E-state index contributed by atoms with van der Waals surface area (Å²) in [6.45, 7) is 5.11. The maximum Gasteiger partial charge on any atom is 0.307 e. The van der Waals surface area contributed by atoms with Gasteiger partial charge in [-0.2, -0.15) is 0 Å². The fourth-order valence-corrected chi connectivity index (χ4v) is 8.84. The number of benzene rings is 3. The SMILES string of the molecule is O=C(O)C(Cc1cccc(CN(Cc2cc(F)cc(CC(C(=O)O)C3CCNC3)c2)Cc2cc(F)cc(CC(C(=O)O)C3CCNC3)c2)c1)C1CCNC1. The molecule has 0 radical (unpaired) electrons. The summed E-state index contributed by atoms with van der Waals surface area (Å²) in [5.41, 5.74) is 4.29. The molecule has 290 valence electrons. The standard InChI is InChI=1S/C42H52F2N4O6/c43-35-13-28(18-38(41(51)52)33-5-8-46-21-33)11-30(15-35)24-48(23-27-3-1-2-26(10-27)17-37(40(49)50)32-4-7-45-20-32)25-31-12-29(14-36(44)16-31)19-39(42(53)54)34-6-9-47-22-34/h1-3,10-16,32-34,37-39,45-47H,4-9,17-25H2,(H,49,50)(H,51,52)(H,53,54). The average Bonchev–Trinajstić information content (AvgIpc) is 3.93. The van der Waals surface area contributed by atoms with Gasteiger partial charge in [-0.15, -0.1) is 0 Å². The van der Waals surface area contributed by atoms with Crippen LogP contribution in [-0.2, 0) is 53.3 Å². The minimum atomic E-state index is -0.901. The van der Waals surface area contributed by atoms with E-state index >= 15 is 8.78 Å². The molecule has 12 heteroatoms. The van der Waals surface area contributed by atoms with Crippen molar-refractivity contribution in [2.75, 3.05) is 39.3 Å². The van der Waals surface area contributed by atoms with Gasteiger partial charge in [-0.05, 0) is 153 Å². The number of rotatable bonds is 18. The maximum absolute atomic E-state index is 15.2. The van der Waals surface area contributed by atoms with E-state index in [1.54, 1.807) is 0 Å². The van der Waals surface area contributed by atoms with E-state index in [9.17, 15) is 29.7 Å². The summed E-state index contributed by atoms with van der Waals surface area (Å²) < 4.78 is 30.4. The highest BCUT2D eigenvalue weighted by Crippen LogP contribution is 2.28. The third-order valence-electron chi connectivity index (χ3n) is 11.6. The van der Waals surface area contributed by atoms with Crippen LogP contribution in [0.4, 0.5) is 8.78 Å². The molecule has 3 heterocycles. The molecular weight excluding hydrogens is 694 g/mol. The number of carboxylic acids is 3. The van der Waals surface area contributed by atoms with Crippen molar-refractivity contribution < 1.29 is 38.5 Å². The Hall–Kier alpha value is -4.23. The predicted octanol–water partition coefficient (Wildman–Crippen LogP) is 4.73. The molecule has 6 unspecified atom stereocenters. The van der Waals surface area contributed by atoms with Gasteiger partial charge in [0.05, 0.1) is 17.8 Å². The molecule has 10 nitrogen and oxygen atoms in total. The molecule has 3 aromatic carbocycles.